The van der Waals surface area contributed by atoms with Gasteiger partial charge in [0.25, 0.3) is 0 Å². The van der Waals surface area contributed by atoms with Crippen LogP contribution in [0.3, 0.4) is 0 Å². The van der Waals surface area contributed by atoms with E-state index in [0.717, 1.165) is 12.5 Å². The monoisotopic (exact) mass is 253 g/mol. The summed E-state index contributed by atoms with van der Waals surface area (Å²) in [5.74, 6) is -3.66. The molecule has 0 aliphatic carbocycles. The Morgan fingerprint density at radius 1 is 1.19 bits per heavy atom. The number of benzene rings is 1. The van der Waals surface area contributed by atoms with Crippen LogP contribution in [-0.4, -0.2) is 6.04 Å². The van der Waals surface area contributed by atoms with Crippen LogP contribution < -0.4 is 5.73 Å². The Balaban J connectivity index is 0.00000225. The van der Waals surface area contributed by atoms with E-state index >= 15 is 0 Å². The third-order valence-corrected chi connectivity index (χ3v) is 2.42. The lowest BCUT2D eigenvalue weighted by atomic mass is 10.0. The molecule has 0 fully saturated rings. The standard InChI is InChI=1S/C11H14F3N.ClH/c1-2-8(15)5-3-7-4-6-9(12)11(14)10(7)13;/h4,6,8H,2-3,5,15H2,1H3;1H. The molecule has 0 saturated carbocycles. The molecule has 0 spiro atoms. The van der Waals surface area contributed by atoms with E-state index in [1.807, 2.05) is 6.92 Å². The maximum atomic E-state index is 13.2. The minimum absolute atomic E-state index is 0. The van der Waals surface area contributed by atoms with Crippen LogP contribution in [0.5, 0.6) is 0 Å². The summed E-state index contributed by atoms with van der Waals surface area (Å²) in [6, 6.07) is 2.17. The van der Waals surface area contributed by atoms with Gasteiger partial charge in [-0.25, -0.2) is 13.2 Å². The fourth-order valence-corrected chi connectivity index (χ4v) is 1.30. The van der Waals surface area contributed by atoms with Gasteiger partial charge in [0.05, 0.1) is 0 Å². The number of halogens is 4. The summed E-state index contributed by atoms with van der Waals surface area (Å²) < 4.78 is 38.6. The zero-order valence-electron chi connectivity index (χ0n) is 8.97. The first-order valence-corrected chi connectivity index (χ1v) is 4.94. The van der Waals surface area contributed by atoms with Gasteiger partial charge >= 0.3 is 0 Å². The van der Waals surface area contributed by atoms with Crippen molar-refractivity contribution in [1.82, 2.24) is 0 Å². The minimum Gasteiger partial charge on any atom is -0.328 e. The summed E-state index contributed by atoms with van der Waals surface area (Å²) in [7, 11) is 0. The molecule has 0 radical (unpaired) electrons. The first-order chi connectivity index (χ1) is 7.06. The minimum atomic E-state index is -1.41. The highest BCUT2D eigenvalue weighted by atomic mass is 35.5. The predicted molar refractivity (Wildman–Crippen MR) is 60.2 cm³/mol. The van der Waals surface area contributed by atoms with Gasteiger partial charge in [0.1, 0.15) is 0 Å². The fraction of sp³-hybridized carbons (Fsp3) is 0.455. The molecular formula is C11H15ClF3N. The topological polar surface area (TPSA) is 26.0 Å². The van der Waals surface area contributed by atoms with E-state index in [-0.39, 0.29) is 24.0 Å². The molecule has 0 amide bonds. The van der Waals surface area contributed by atoms with Crippen LogP contribution in [-0.2, 0) is 6.42 Å². The van der Waals surface area contributed by atoms with Gasteiger partial charge in [-0.3, -0.25) is 0 Å². The molecule has 5 heteroatoms. The molecule has 1 aromatic carbocycles. The molecule has 0 saturated heterocycles. The summed E-state index contributed by atoms with van der Waals surface area (Å²) in [4.78, 5) is 0. The third-order valence-electron chi connectivity index (χ3n) is 2.42. The van der Waals surface area contributed by atoms with E-state index in [4.69, 9.17) is 5.73 Å². The maximum absolute atomic E-state index is 13.2. The van der Waals surface area contributed by atoms with Crippen molar-refractivity contribution in [3.63, 3.8) is 0 Å². The van der Waals surface area contributed by atoms with Crippen LogP contribution in [0.15, 0.2) is 12.1 Å². The summed E-state index contributed by atoms with van der Waals surface area (Å²) in [5.41, 5.74) is 5.83. The number of nitrogens with two attached hydrogens (primary N) is 1. The first kappa shape index (κ1) is 15.3. The molecule has 0 heterocycles. The second-order valence-corrected chi connectivity index (χ2v) is 3.54. The van der Waals surface area contributed by atoms with Crippen molar-refractivity contribution < 1.29 is 13.2 Å². The highest BCUT2D eigenvalue weighted by Gasteiger charge is 2.13. The van der Waals surface area contributed by atoms with Crippen LogP contribution in [0.1, 0.15) is 25.3 Å². The molecule has 0 aromatic heterocycles. The van der Waals surface area contributed by atoms with Crippen LogP contribution in [0.2, 0.25) is 0 Å². The molecule has 1 nitrogen and oxygen atoms in total. The molecule has 16 heavy (non-hydrogen) atoms. The zero-order valence-corrected chi connectivity index (χ0v) is 9.79. The average molecular weight is 254 g/mol. The maximum Gasteiger partial charge on any atom is 0.194 e. The second-order valence-electron chi connectivity index (χ2n) is 3.54. The molecule has 1 unspecified atom stereocenters. The molecule has 1 atom stereocenters. The van der Waals surface area contributed by atoms with Gasteiger partial charge in [-0.1, -0.05) is 13.0 Å². The number of aryl methyl sites for hydroxylation is 1. The zero-order chi connectivity index (χ0) is 11.4. The van der Waals surface area contributed by atoms with E-state index in [0.29, 0.717) is 12.8 Å². The molecule has 92 valence electrons. The third kappa shape index (κ3) is 3.68. The van der Waals surface area contributed by atoms with Crippen LogP contribution in [0.25, 0.3) is 0 Å². The lowest BCUT2D eigenvalue weighted by Crippen LogP contribution is -2.19. The summed E-state index contributed by atoms with van der Waals surface area (Å²) in [5, 5.41) is 0. The summed E-state index contributed by atoms with van der Waals surface area (Å²) in [6.07, 6.45) is 1.68. The number of hydrogen-bond acceptors (Lipinski definition) is 1. The average Bonchev–Trinajstić information content (AvgIpc) is 2.24. The quantitative estimate of drug-likeness (QED) is 0.820. The van der Waals surface area contributed by atoms with E-state index < -0.39 is 17.5 Å². The second kappa shape index (κ2) is 6.76. The Kier molecular flexibility index (Phi) is 6.45. The van der Waals surface area contributed by atoms with Crippen molar-refractivity contribution in [2.24, 2.45) is 5.73 Å². The first-order valence-electron chi connectivity index (χ1n) is 4.94. The van der Waals surface area contributed by atoms with Gasteiger partial charge < -0.3 is 5.73 Å². The van der Waals surface area contributed by atoms with Crippen molar-refractivity contribution in [3.05, 3.63) is 35.1 Å². The molecule has 1 aromatic rings. The van der Waals surface area contributed by atoms with Crippen LogP contribution >= 0.6 is 12.4 Å². The van der Waals surface area contributed by atoms with E-state index in [1.165, 1.54) is 6.07 Å². The lowest BCUT2D eigenvalue weighted by molar-refractivity contribution is 0.438. The SMILES string of the molecule is CCC(N)CCc1ccc(F)c(F)c1F.Cl. The van der Waals surface area contributed by atoms with Crippen molar-refractivity contribution in [2.75, 3.05) is 0 Å². The Labute approximate surface area is 99.2 Å². The van der Waals surface area contributed by atoms with E-state index in [9.17, 15) is 13.2 Å². The molecule has 0 bridgehead atoms. The van der Waals surface area contributed by atoms with Gasteiger partial charge in [0.15, 0.2) is 17.5 Å². The Bertz CT molecular complexity index is 344. The van der Waals surface area contributed by atoms with Gasteiger partial charge in [-0.15, -0.1) is 12.4 Å². The van der Waals surface area contributed by atoms with Gasteiger partial charge in [0.2, 0.25) is 0 Å². The molecule has 0 aliphatic rings. The number of hydrogen-bond donors (Lipinski definition) is 1. The number of rotatable bonds is 4. The van der Waals surface area contributed by atoms with Gasteiger partial charge in [-0.05, 0) is 30.9 Å². The van der Waals surface area contributed by atoms with Crippen molar-refractivity contribution in [3.8, 4) is 0 Å². The van der Waals surface area contributed by atoms with E-state index in [1.54, 1.807) is 0 Å². The van der Waals surface area contributed by atoms with Gasteiger partial charge in [-0.2, -0.15) is 0 Å². The van der Waals surface area contributed by atoms with E-state index in [2.05, 4.69) is 0 Å². The Morgan fingerprint density at radius 3 is 2.38 bits per heavy atom. The highest BCUT2D eigenvalue weighted by Crippen LogP contribution is 2.17. The molecular weight excluding hydrogens is 239 g/mol. The van der Waals surface area contributed by atoms with Crippen LogP contribution in [0.4, 0.5) is 13.2 Å². The fourth-order valence-electron chi connectivity index (χ4n) is 1.30. The molecule has 0 aliphatic heterocycles. The Hall–Kier alpha value is -0.740. The van der Waals surface area contributed by atoms with Crippen LogP contribution in [0, 0.1) is 17.5 Å². The largest absolute Gasteiger partial charge is 0.328 e. The van der Waals surface area contributed by atoms with Crippen molar-refractivity contribution in [1.29, 1.82) is 0 Å². The smallest absolute Gasteiger partial charge is 0.194 e. The molecule has 1 rings (SSSR count). The van der Waals surface area contributed by atoms with Crippen molar-refractivity contribution in [2.45, 2.75) is 32.2 Å². The lowest BCUT2D eigenvalue weighted by Gasteiger charge is -2.09. The summed E-state index contributed by atoms with van der Waals surface area (Å²) in [6.45, 7) is 1.92. The normalized spacial score (nSPS) is 12.1. The molecule has 2 N–H and O–H groups in total. The highest BCUT2D eigenvalue weighted by molar-refractivity contribution is 5.85. The van der Waals surface area contributed by atoms with Gasteiger partial charge in [0, 0.05) is 6.04 Å². The summed E-state index contributed by atoms with van der Waals surface area (Å²) >= 11 is 0. The predicted octanol–water partition coefficient (Wildman–Crippen LogP) is 3.20. The van der Waals surface area contributed by atoms with Crippen molar-refractivity contribution >= 4 is 12.4 Å². The Morgan fingerprint density at radius 2 is 1.81 bits per heavy atom.